The molecule has 0 unspecified atom stereocenters. The van der Waals surface area contributed by atoms with Crippen LogP contribution in [-0.4, -0.2) is 0 Å². The molecule has 0 aliphatic rings. The van der Waals surface area contributed by atoms with Gasteiger partial charge in [-0.1, -0.05) is 140 Å². The molecule has 0 radical (unpaired) electrons. The lowest BCUT2D eigenvalue weighted by atomic mass is 9.85. The van der Waals surface area contributed by atoms with Gasteiger partial charge in [-0.15, -0.1) is 11.3 Å². The lowest BCUT2D eigenvalue weighted by molar-refractivity contribution is 0.673. The van der Waals surface area contributed by atoms with Crippen molar-refractivity contribution in [1.82, 2.24) is 0 Å². The van der Waals surface area contributed by atoms with Crippen LogP contribution in [0.2, 0.25) is 0 Å². The van der Waals surface area contributed by atoms with Crippen molar-refractivity contribution in [2.24, 2.45) is 0 Å². The molecule has 0 aliphatic heterocycles. The number of thiophene rings is 1. The molecule has 0 saturated heterocycles. The van der Waals surface area contributed by atoms with Gasteiger partial charge in [0.15, 0.2) is 0 Å². The minimum atomic E-state index is 0.915. The zero-order valence-corrected chi connectivity index (χ0v) is 27.8. The Morgan fingerprint density at radius 3 is 1.70 bits per heavy atom. The summed E-state index contributed by atoms with van der Waals surface area (Å²) in [4.78, 5) is 0. The van der Waals surface area contributed by atoms with E-state index in [1.807, 2.05) is 11.3 Å². The summed E-state index contributed by atoms with van der Waals surface area (Å²) in [5.41, 5.74) is 9.20. The van der Waals surface area contributed by atoms with Crippen LogP contribution in [-0.2, 0) is 0 Å². The second-order valence-corrected chi connectivity index (χ2v) is 14.2. The van der Waals surface area contributed by atoms with Gasteiger partial charge in [0.2, 0.25) is 0 Å². The smallest absolute Gasteiger partial charge is 0.144 e. The van der Waals surface area contributed by atoms with Crippen LogP contribution in [0.15, 0.2) is 174 Å². The Labute approximate surface area is 292 Å². The van der Waals surface area contributed by atoms with Gasteiger partial charge in [-0.2, -0.15) is 0 Å². The highest BCUT2D eigenvalue weighted by Gasteiger charge is 2.19. The van der Waals surface area contributed by atoms with Crippen molar-refractivity contribution in [2.75, 3.05) is 0 Å². The second-order valence-electron chi connectivity index (χ2n) is 13.2. The molecule has 9 aromatic carbocycles. The Kier molecular flexibility index (Phi) is 5.89. The van der Waals surface area contributed by atoms with Crippen LogP contribution in [0.25, 0.3) is 108 Å². The first kappa shape index (κ1) is 27.7. The molecule has 11 aromatic rings. The van der Waals surface area contributed by atoms with Crippen LogP contribution in [0, 0.1) is 0 Å². The Balaban J connectivity index is 1.10. The Bertz CT molecular complexity index is 3090. The van der Waals surface area contributed by atoms with E-state index in [1.165, 1.54) is 80.3 Å². The maximum Gasteiger partial charge on any atom is 0.144 e. The van der Waals surface area contributed by atoms with Crippen molar-refractivity contribution in [1.29, 1.82) is 0 Å². The van der Waals surface area contributed by atoms with E-state index in [4.69, 9.17) is 4.42 Å². The SMILES string of the molecule is c1ccc(-c2c3ccccc3c(-c3cccc(-c4ccc5c(c4)oc4c5ccc5sc6c7ccccc7ccc6c54)c3)c3ccccc23)cc1. The maximum absolute atomic E-state index is 6.80. The molecule has 1 nitrogen and oxygen atoms in total. The number of rotatable bonds is 3. The van der Waals surface area contributed by atoms with E-state index in [1.54, 1.807) is 0 Å². The third-order valence-corrected chi connectivity index (χ3v) is 11.6. The lowest BCUT2D eigenvalue weighted by Crippen LogP contribution is -1.91. The Morgan fingerprint density at radius 2 is 0.940 bits per heavy atom. The average Bonchev–Trinajstić information content (AvgIpc) is 3.75. The largest absolute Gasteiger partial charge is 0.455 e. The molecule has 0 spiro atoms. The number of furan rings is 1. The number of hydrogen-bond acceptors (Lipinski definition) is 2. The fourth-order valence-corrected chi connectivity index (χ4v) is 9.45. The van der Waals surface area contributed by atoms with Gasteiger partial charge >= 0.3 is 0 Å². The van der Waals surface area contributed by atoms with Crippen LogP contribution < -0.4 is 0 Å². The van der Waals surface area contributed by atoms with Gasteiger partial charge in [0.05, 0.1) is 0 Å². The van der Waals surface area contributed by atoms with Crippen LogP contribution in [0.1, 0.15) is 0 Å². The van der Waals surface area contributed by atoms with E-state index >= 15 is 0 Å². The Morgan fingerprint density at radius 1 is 0.360 bits per heavy atom. The van der Waals surface area contributed by atoms with Crippen molar-refractivity contribution in [3.8, 4) is 33.4 Å². The number of hydrogen-bond donors (Lipinski definition) is 0. The molecule has 0 bridgehead atoms. The molecular formula is C48H28OS. The van der Waals surface area contributed by atoms with E-state index in [2.05, 4.69) is 170 Å². The predicted octanol–water partition coefficient (Wildman–Crippen LogP) is 14.4. The monoisotopic (exact) mass is 652 g/mol. The summed E-state index contributed by atoms with van der Waals surface area (Å²) in [7, 11) is 0. The molecule has 0 aliphatic carbocycles. The molecule has 0 amide bonds. The number of fused-ring (bicyclic) bond motifs is 11. The fraction of sp³-hybridized carbons (Fsp3) is 0. The second kappa shape index (κ2) is 10.6. The molecule has 2 aromatic heterocycles. The molecule has 11 rings (SSSR count). The van der Waals surface area contributed by atoms with Crippen LogP contribution >= 0.6 is 11.3 Å². The fourth-order valence-electron chi connectivity index (χ4n) is 8.21. The molecule has 2 heterocycles. The number of benzene rings is 9. The van der Waals surface area contributed by atoms with Crippen molar-refractivity contribution in [3.05, 3.63) is 170 Å². The van der Waals surface area contributed by atoms with E-state index in [-0.39, 0.29) is 0 Å². The lowest BCUT2D eigenvalue weighted by Gasteiger charge is -2.18. The van der Waals surface area contributed by atoms with Crippen LogP contribution in [0.4, 0.5) is 0 Å². The van der Waals surface area contributed by atoms with Gasteiger partial charge in [0, 0.05) is 30.9 Å². The van der Waals surface area contributed by atoms with E-state index < -0.39 is 0 Å². The van der Waals surface area contributed by atoms with Gasteiger partial charge in [-0.25, -0.2) is 0 Å². The van der Waals surface area contributed by atoms with Crippen LogP contribution in [0.5, 0.6) is 0 Å². The summed E-state index contributed by atoms with van der Waals surface area (Å²) in [6.45, 7) is 0. The molecule has 2 heteroatoms. The summed E-state index contributed by atoms with van der Waals surface area (Å²) >= 11 is 1.86. The normalized spacial score (nSPS) is 12.0. The van der Waals surface area contributed by atoms with Crippen molar-refractivity contribution < 1.29 is 4.42 Å². The molecule has 0 fully saturated rings. The zero-order valence-electron chi connectivity index (χ0n) is 27.0. The highest BCUT2D eigenvalue weighted by atomic mass is 32.1. The quantitative estimate of drug-likeness (QED) is 0.173. The van der Waals surface area contributed by atoms with Crippen molar-refractivity contribution in [2.45, 2.75) is 0 Å². The average molecular weight is 653 g/mol. The first-order valence-electron chi connectivity index (χ1n) is 17.1. The van der Waals surface area contributed by atoms with Gasteiger partial charge in [0.1, 0.15) is 11.2 Å². The predicted molar refractivity (Wildman–Crippen MR) is 215 cm³/mol. The van der Waals surface area contributed by atoms with Crippen molar-refractivity contribution in [3.63, 3.8) is 0 Å². The highest BCUT2D eigenvalue weighted by Crippen LogP contribution is 2.46. The minimum absolute atomic E-state index is 0.915. The third kappa shape index (κ3) is 4.00. The van der Waals surface area contributed by atoms with E-state index in [0.29, 0.717) is 0 Å². The molecule has 50 heavy (non-hydrogen) atoms. The van der Waals surface area contributed by atoms with Crippen LogP contribution in [0.3, 0.4) is 0 Å². The summed E-state index contributed by atoms with van der Waals surface area (Å²) in [6, 6.07) is 61.8. The third-order valence-electron chi connectivity index (χ3n) is 10.4. The summed E-state index contributed by atoms with van der Waals surface area (Å²) in [5.74, 6) is 0. The van der Waals surface area contributed by atoms with Gasteiger partial charge in [-0.3, -0.25) is 0 Å². The highest BCUT2D eigenvalue weighted by molar-refractivity contribution is 7.26. The molecule has 0 atom stereocenters. The summed E-state index contributed by atoms with van der Waals surface area (Å²) in [5, 5.41) is 12.4. The van der Waals surface area contributed by atoms with Gasteiger partial charge in [0.25, 0.3) is 0 Å². The summed E-state index contributed by atoms with van der Waals surface area (Å²) in [6.07, 6.45) is 0. The van der Waals surface area contributed by atoms with Crippen molar-refractivity contribution >= 4 is 85.8 Å². The first-order valence-corrected chi connectivity index (χ1v) is 17.9. The molecule has 232 valence electrons. The zero-order chi connectivity index (χ0) is 32.8. The van der Waals surface area contributed by atoms with E-state index in [9.17, 15) is 0 Å². The standard InChI is InChI=1S/C48H28OS/c1-2-12-30(13-3-1)44-36-17-6-8-19-38(36)45(39-20-9-7-18-37(39)44)33-15-10-14-31(27-33)32-22-23-35-40-25-26-43-46(47(40)49-42(35)28-32)41-24-21-29-11-4-5-16-34(29)48(41)50-43/h1-28H. The Hall–Kier alpha value is -6.22. The first-order chi connectivity index (χ1) is 24.8. The topological polar surface area (TPSA) is 13.1 Å². The molecular weight excluding hydrogens is 625 g/mol. The van der Waals surface area contributed by atoms with Gasteiger partial charge < -0.3 is 4.42 Å². The maximum atomic E-state index is 6.80. The summed E-state index contributed by atoms with van der Waals surface area (Å²) < 4.78 is 9.38. The molecule has 0 saturated carbocycles. The van der Waals surface area contributed by atoms with E-state index in [0.717, 1.165) is 27.5 Å². The molecule has 0 N–H and O–H groups in total. The minimum Gasteiger partial charge on any atom is -0.455 e. The van der Waals surface area contributed by atoms with Gasteiger partial charge in [-0.05, 0) is 96.0 Å².